The second kappa shape index (κ2) is 9.91. The minimum atomic E-state index is -0.0581. The Balaban J connectivity index is 1.86. The van der Waals surface area contributed by atoms with Crippen molar-refractivity contribution in [3.05, 3.63) is 45.4 Å². The Morgan fingerprint density at radius 1 is 1.19 bits per heavy atom. The molecule has 1 heterocycles. The van der Waals surface area contributed by atoms with Gasteiger partial charge in [0.15, 0.2) is 5.96 Å². The number of anilines is 1. The molecule has 0 atom stereocenters. The van der Waals surface area contributed by atoms with Crippen LogP contribution in [0.25, 0.3) is 0 Å². The minimum Gasteiger partial charge on any atom is -0.357 e. The van der Waals surface area contributed by atoms with Crippen LogP contribution in [0.3, 0.4) is 0 Å². The number of hydrogen-bond donors (Lipinski definition) is 3. The van der Waals surface area contributed by atoms with Crippen LogP contribution in [0.5, 0.6) is 0 Å². The number of carbonyl (C=O) groups excluding carboxylic acids is 1. The van der Waals surface area contributed by atoms with Gasteiger partial charge in [-0.25, -0.2) is 9.98 Å². The van der Waals surface area contributed by atoms with Gasteiger partial charge in [-0.3, -0.25) is 4.79 Å². The molecule has 0 aliphatic rings. The lowest BCUT2D eigenvalue weighted by molar-refractivity contribution is -0.114. The average molecular weight is 374 g/mol. The lowest BCUT2D eigenvalue weighted by Gasteiger charge is -2.11. The number of aliphatic imine (C=N–C) groups is 1. The minimum absolute atomic E-state index is 0.0581. The summed E-state index contributed by atoms with van der Waals surface area (Å²) in [5.74, 6) is 0.755. The first kappa shape index (κ1) is 19.9. The number of benzene rings is 1. The molecule has 26 heavy (non-hydrogen) atoms. The van der Waals surface area contributed by atoms with Crippen LogP contribution < -0.4 is 16.0 Å². The van der Waals surface area contributed by atoms with Crippen LogP contribution in [0.1, 0.15) is 35.0 Å². The van der Waals surface area contributed by atoms with E-state index in [-0.39, 0.29) is 5.91 Å². The molecular formula is C19H27N5OS. The fourth-order valence-electron chi connectivity index (χ4n) is 2.50. The smallest absolute Gasteiger partial charge is 0.221 e. The van der Waals surface area contributed by atoms with Gasteiger partial charge >= 0.3 is 0 Å². The number of guanidine groups is 1. The van der Waals surface area contributed by atoms with E-state index in [1.54, 1.807) is 11.3 Å². The number of hydrogen-bond acceptors (Lipinski definition) is 4. The van der Waals surface area contributed by atoms with Crippen molar-refractivity contribution >= 4 is 28.9 Å². The third kappa shape index (κ3) is 6.48. The predicted octanol–water partition coefficient (Wildman–Crippen LogP) is 3.02. The molecule has 140 valence electrons. The van der Waals surface area contributed by atoms with E-state index in [2.05, 4.69) is 32.9 Å². The van der Waals surface area contributed by atoms with Gasteiger partial charge in [0.05, 0.1) is 17.2 Å². The summed E-state index contributed by atoms with van der Waals surface area (Å²) in [7, 11) is 0. The van der Waals surface area contributed by atoms with E-state index in [0.29, 0.717) is 6.54 Å². The molecule has 0 fully saturated rings. The van der Waals surface area contributed by atoms with E-state index < -0.39 is 0 Å². The number of nitrogens with zero attached hydrogens (tertiary/aromatic N) is 2. The standard InChI is InChI=1S/C19H27N5OS/c1-5-20-19(22-12-18-13(2)23-15(4)26-18)21-11-10-16-6-8-17(9-7-16)24-14(3)25/h6-9H,5,10-12H2,1-4H3,(H,24,25)(H2,20,21,22). The summed E-state index contributed by atoms with van der Waals surface area (Å²) in [6, 6.07) is 7.90. The monoisotopic (exact) mass is 373 g/mol. The van der Waals surface area contributed by atoms with Crippen LogP contribution in [-0.2, 0) is 17.8 Å². The summed E-state index contributed by atoms with van der Waals surface area (Å²) in [6.45, 7) is 9.85. The fraction of sp³-hybridized carbons (Fsp3) is 0.421. The summed E-state index contributed by atoms with van der Waals surface area (Å²) in [4.78, 5) is 21.3. The van der Waals surface area contributed by atoms with Crippen molar-refractivity contribution in [1.82, 2.24) is 15.6 Å². The molecule has 1 aromatic heterocycles. The maximum absolute atomic E-state index is 11.0. The Kier molecular flexibility index (Phi) is 7.59. The normalized spacial score (nSPS) is 11.3. The van der Waals surface area contributed by atoms with Crippen molar-refractivity contribution in [3.63, 3.8) is 0 Å². The van der Waals surface area contributed by atoms with Gasteiger partial charge in [-0.1, -0.05) is 12.1 Å². The van der Waals surface area contributed by atoms with Crippen LogP contribution in [0.15, 0.2) is 29.3 Å². The molecule has 1 aromatic carbocycles. The van der Waals surface area contributed by atoms with Gasteiger partial charge in [0.2, 0.25) is 5.91 Å². The number of aryl methyl sites for hydroxylation is 2. The van der Waals surface area contributed by atoms with Gasteiger partial charge in [-0.15, -0.1) is 11.3 Å². The van der Waals surface area contributed by atoms with E-state index >= 15 is 0 Å². The van der Waals surface area contributed by atoms with E-state index in [4.69, 9.17) is 0 Å². The Bertz CT molecular complexity index is 752. The molecule has 0 unspecified atom stereocenters. The molecule has 7 heteroatoms. The molecule has 0 spiro atoms. The zero-order chi connectivity index (χ0) is 18.9. The Labute approximate surface area is 159 Å². The number of thiazole rings is 1. The Hall–Kier alpha value is -2.41. The van der Waals surface area contributed by atoms with E-state index in [0.717, 1.165) is 41.9 Å². The van der Waals surface area contributed by atoms with E-state index in [9.17, 15) is 4.79 Å². The molecule has 3 N–H and O–H groups in total. The number of nitrogens with one attached hydrogen (secondary N) is 3. The maximum Gasteiger partial charge on any atom is 0.221 e. The van der Waals surface area contributed by atoms with Crippen molar-refractivity contribution in [1.29, 1.82) is 0 Å². The Morgan fingerprint density at radius 3 is 2.50 bits per heavy atom. The molecule has 1 amide bonds. The van der Waals surface area contributed by atoms with Crippen molar-refractivity contribution in [3.8, 4) is 0 Å². The largest absolute Gasteiger partial charge is 0.357 e. The molecule has 2 rings (SSSR count). The number of carbonyl (C=O) groups is 1. The first-order valence-electron chi connectivity index (χ1n) is 8.79. The fourth-order valence-corrected chi connectivity index (χ4v) is 3.36. The summed E-state index contributed by atoms with van der Waals surface area (Å²) in [5, 5.41) is 10.5. The molecule has 0 radical (unpaired) electrons. The van der Waals surface area contributed by atoms with Gasteiger partial charge in [0, 0.05) is 30.6 Å². The topological polar surface area (TPSA) is 78.4 Å². The van der Waals surface area contributed by atoms with Crippen molar-refractivity contribution in [2.75, 3.05) is 18.4 Å². The van der Waals surface area contributed by atoms with Gasteiger partial charge in [-0.2, -0.15) is 0 Å². The summed E-state index contributed by atoms with van der Waals surface area (Å²) in [6.07, 6.45) is 0.878. The predicted molar refractivity (Wildman–Crippen MR) is 109 cm³/mol. The Morgan fingerprint density at radius 2 is 1.92 bits per heavy atom. The second-order valence-corrected chi connectivity index (χ2v) is 7.28. The van der Waals surface area contributed by atoms with Gasteiger partial charge < -0.3 is 16.0 Å². The van der Waals surface area contributed by atoms with Crippen LogP contribution >= 0.6 is 11.3 Å². The molecule has 2 aromatic rings. The summed E-state index contributed by atoms with van der Waals surface area (Å²) < 4.78 is 0. The second-order valence-electron chi connectivity index (χ2n) is 5.99. The van der Waals surface area contributed by atoms with Crippen LogP contribution in [0, 0.1) is 13.8 Å². The highest BCUT2D eigenvalue weighted by Gasteiger charge is 2.05. The summed E-state index contributed by atoms with van der Waals surface area (Å²) in [5.41, 5.74) is 3.09. The van der Waals surface area contributed by atoms with Gasteiger partial charge in [0.25, 0.3) is 0 Å². The van der Waals surface area contributed by atoms with Crippen LogP contribution in [0.2, 0.25) is 0 Å². The number of aromatic nitrogens is 1. The third-order valence-corrected chi connectivity index (χ3v) is 4.76. The van der Waals surface area contributed by atoms with Crippen molar-refractivity contribution in [2.24, 2.45) is 4.99 Å². The molecule has 0 saturated heterocycles. The zero-order valence-corrected chi connectivity index (χ0v) is 16.7. The van der Waals surface area contributed by atoms with Gasteiger partial charge in [-0.05, 0) is 44.9 Å². The quantitative estimate of drug-likeness (QED) is 0.515. The van der Waals surface area contributed by atoms with Gasteiger partial charge in [0.1, 0.15) is 0 Å². The zero-order valence-electron chi connectivity index (χ0n) is 15.8. The maximum atomic E-state index is 11.0. The molecular weight excluding hydrogens is 346 g/mol. The van der Waals surface area contributed by atoms with Crippen molar-refractivity contribution in [2.45, 2.75) is 40.7 Å². The molecule has 0 saturated carbocycles. The highest BCUT2D eigenvalue weighted by atomic mass is 32.1. The highest BCUT2D eigenvalue weighted by molar-refractivity contribution is 7.11. The lowest BCUT2D eigenvalue weighted by atomic mass is 10.1. The highest BCUT2D eigenvalue weighted by Crippen LogP contribution is 2.17. The van der Waals surface area contributed by atoms with Crippen molar-refractivity contribution < 1.29 is 4.79 Å². The number of amides is 1. The molecule has 0 aliphatic heterocycles. The summed E-state index contributed by atoms with van der Waals surface area (Å²) >= 11 is 1.70. The van der Waals surface area contributed by atoms with E-state index in [1.165, 1.54) is 17.4 Å². The lowest BCUT2D eigenvalue weighted by Crippen LogP contribution is -2.38. The number of rotatable bonds is 7. The first-order chi connectivity index (χ1) is 12.5. The molecule has 0 aliphatic carbocycles. The first-order valence-corrected chi connectivity index (χ1v) is 9.61. The van der Waals surface area contributed by atoms with Crippen LogP contribution in [0.4, 0.5) is 5.69 Å². The molecule has 6 nitrogen and oxygen atoms in total. The van der Waals surface area contributed by atoms with Crippen LogP contribution in [-0.4, -0.2) is 29.9 Å². The average Bonchev–Trinajstić information content (AvgIpc) is 2.91. The van der Waals surface area contributed by atoms with E-state index in [1.807, 2.05) is 38.1 Å². The molecule has 0 bridgehead atoms. The third-order valence-electron chi connectivity index (χ3n) is 3.71. The SMILES string of the molecule is CCNC(=NCc1sc(C)nc1C)NCCc1ccc(NC(C)=O)cc1.